The average molecular weight is 375 g/mol. The van der Waals surface area contributed by atoms with E-state index >= 15 is 0 Å². The first-order valence-corrected chi connectivity index (χ1v) is 9.10. The number of benzene rings is 1. The van der Waals surface area contributed by atoms with Crippen molar-refractivity contribution < 1.29 is 24.3 Å². The van der Waals surface area contributed by atoms with Gasteiger partial charge in [0.1, 0.15) is 6.54 Å². The molecular weight excluding hydrogens is 350 g/mol. The van der Waals surface area contributed by atoms with E-state index in [1.165, 1.54) is 43.5 Å². The molecule has 1 fully saturated rings. The van der Waals surface area contributed by atoms with E-state index in [2.05, 4.69) is 16.0 Å². The number of nitrogens with one attached hydrogen (secondary N) is 3. The Hall–Kier alpha value is -2.90. The Morgan fingerprint density at radius 1 is 0.889 bits per heavy atom. The van der Waals surface area contributed by atoms with Crippen LogP contribution in [0.25, 0.3) is 0 Å². The first-order chi connectivity index (χ1) is 12.9. The van der Waals surface area contributed by atoms with Crippen molar-refractivity contribution in [3.05, 3.63) is 29.8 Å². The fourth-order valence-electron chi connectivity index (χ4n) is 3.07. The highest BCUT2D eigenvalue weighted by atomic mass is 16.4. The van der Waals surface area contributed by atoms with Crippen LogP contribution >= 0.6 is 0 Å². The number of carboxylic acids is 1. The van der Waals surface area contributed by atoms with E-state index in [1.807, 2.05) is 0 Å². The van der Waals surface area contributed by atoms with E-state index in [0.29, 0.717) is 18.0 Å². The normalized spacial score (nSPS) is 14.2. The van der Waals surface area contributed by atoms with Gasteiger partial charge in [0.25, 0.3) is 5.91 Å². The molecule has 8 heteroatoms. The largest absolute Gasteiger partial charge is 0.480 e. The highest BCUT2D eigenvalue weighted by Gasteiger charge is 2.17. The number of aliphatic carboxylic acids is 1. The van der Waals surface area contributed by atoms with Crippen molar-refractivity contribution in [2.75, 3.05) is 18.4 Å². The molecule has 0 atom stereocenters. The summed E-state index contributed by atoms with van der Waals surface area (Å²) < 4.78 is 0. The summed E-state index contributed by atoms with van der Waals surface area (Å²) in [6, 6.07) is 6.04. The fourth-order valence-corrected chi connectivity index (χ4v) is 3.07. The Labute approximate surface area is 157 Å². The van der Waals surface area contributed by atoms with Crippen molar-refractivity contribution in [3.8, 4) is 0 Å². The summed E-state index contributed by atoms with van der Waals surface area (Å²) in [6.07, 6.45) is 6.19. The van der Waals surface area contributed by atoms with Gasteiger partial charge >= 0.3 is 5.97 Å². The van der Waals surface area contributed by atoms with Crippen molar-refractivity contribution >= 4 is 29.4 Å². The molecule has 0 aliphatic heterocycles. The molecule has 0 aromatic heterocycles. The summed E-state index contributed by atoms with van der Waals surface area (Å²) in [6.45, 7) is -0.565. The maximum absolute atomic E-state index is 11.9. The van der Waals surface area contributed by atoms with E-state index < -0.39 is 18.4 Å². The smallest absolute Gasteiger partial charge is 0.322 e. The molecule has 4 N–H and O–H groups in total. The van der Waals surface area contributed by atoms with Gasteiger partial charge < -0.3 is 21.1 Å². The molecule has 8 nitrogen and oxygen atoms in total. The second-order valence-electron chi connectivity index (χ2n) is 6.69. The molecule has 0 unspecified atom stereocenters. The van der Waals surface area contributed by atoms with E-state index in [-0.39, 0.29) is 23.9 Å². The second-order valence-corrected chi connectivity index (χ2v) is 6.69. The second kappa shape index (κ2) is 10.3. The van der Waals surface area contributed by atoms with Crippen molar-refractivity contribution in [1.29, 1.82) is 0 Å². The lowest BCUT2D eigenvalue weighted by Gasteiger charge is -2.20. The molecule has 2 rings (SSSR count). The molecule has 1 aliphatic carbocycles. The van der Waals surface area contributed by atoms with Gasteiger partial charge in [-0.2, -0.15) is 0 Å². The van der Waals surface area contributed by atoms with Gasteiger partial charge in [-0.15, -0.1) is 0 Å². The number of carboxylic acid groups (broad SMARTS) is 1. The molecule has 0 radical (unpaired) electrons. The highest BCUT2D eigenvalue weighted by molar-refractivity contribution is 5.97. The minimum atomic E-state index is -1.13. The van der Waals surface area contributed by atoms with Gasteiger partial charge in [-0.05, 0) is 43.0 Å². The topological polar surface area (TPSA) is 125 Å². The summed E-state index contributed by atoms with van der Waals surface area (Å²) in [7, 11) is 0. The van der Waals surface area contributed by atoms with Crippen LogP contribution in [0.5, 0.6) is 0 Å². The maximum atomic E-state index is 11.9. The Kier molecular flexibility index (Phi) is 7.79. The van der Waals surface area contributed by atoms with Gasteiger partial charge in [-0.1, -0.05) is 19.3 Å². The number of rotatable bonds is 8. The molecule has 0 spiro atoms. The average Bonchev–Trinajstić information content (AvgIpc) is 2.66. The van der Waals surface area contributed by atoms with E-state index in [1.54, 1.807) is 0 Å². The van der Waals surface area contributed by atoms with Crippen LogP contribution in [0.2, 0.25) is 0 Å². The molecule has 0 heterocycles. The van der Waals surface area contributed by atoms with Crippen LogP contribution in [0.3, 0.4) is 0 Å². The van der Waals surface area contributed by atoms with Gasteiger partial charge in [-0.3, -0.25) is 19.2 Å². The van der Waals surface area contributed by atoms with Gasteiger partial charge in [0.15, 0.2) is 0 Å². The van der Waals surface area contributed by atoms with Gasteiger partial charge in [0, 0.05) is 17.7 Å². The van der Waals surface area contributed by atoms with Crippen molar-refractivity contribution in [1.82, 2.24) is 10.6 Å². The number of hydrogen-bond acceptors (Lipinski definition) is 4. The Bertz CT molecular complexity index is 681. The quantitative estimate of drug-likeness (QED) is 0.548. The van der Waals surface area contributed by atoms with Crippen molar-refractivity contribution in [3.63, 3.8) is 0 Å². The first-order valence-electron chi connectivity index (χ1n) is 9.10. The number of carbonyl (C=O) groups is 4. The van der Waals surface area contributed by atoms with E-state index in [9.17, 15) is 19.2 Å². The van der Waals surface area contributed by atoms with Crippen LogP contribution in [0.4, 0.5) is 5.69 Å². The van der Waals surface area contributed by atoms with Crippen molar-refractivity contribution in [2.24, 2.45) is 5.92 Å². The standard InChI is InChI=1S/C19H25N3O5/c23-16(10-13-4-2-1-3-5-13)20-11-17(24)22-15-8-6-14(7-9-15)19(27)21-12-18(25)26/h6-9,13H,1-5,10-12H2,(H,20,23)(H,21,27)(H,22,24)(H,25,26). The molecule has 0 saturated heterocycles. The highest BCUT2D eigenvalue weighted by Crippen LogP contribution is 2.25. The van der Waals surface area contributed by atoms with Gasteiger partial charge in [0.2, 0.25) is 11.8 Å². The minimum Gasteiger partial charge on any atom is -0.480 e. The zero-order chi connectivity index (χ0) is 19.6. The third-order valence-corrected chi connectivity index (χ3v) is 4.48. The summed E-state index contributed by atoms with van der Waals surface area (Å²) in [5, 5.41) is 16.1. The van der Waals surface area contributed by atoms with Gasteiger partial charge in [-0.25, -0.2) is 0 Å². The summed E-state index contributed by atoms with van der Waals surface area (Å²) >= 11 is 0. The predicted molar refractivity (Wildman–Crippen MR) is 99.2 cm³/mol. The Morgan fingerprint density at radius 2 is 1.56 bits per heavy atom. The third kappa shape index (κ3) is 7.47. The van der Waals surface area contributed by atoms with Crippen LogP contribution in [0.15, 0.2) is 24.3 Å². The van der Waals surface area contributed by atoms with Crippen LogP contribution in [-0.2, 0) is 14.4 Å². The lowest BCUT2D eigenvalue weighted by molar-refractivity contribution is -0.135. The summed E-state index contributed by atoms with van der Waals surface area (Å²) in [5.74, 6) is -1.68. The van der Waals surface area contributed by atoms with Crippen LogP contribution in [0.1, 0.15) is 48.9 Å². The monoisotopic (exact) mass is 375 g/mol. The lowest BCUT2D eigenvalue weighted by Crippen LogP contribution is -2.34. The summed E-state index contributed by atoms with van der Waals surface area (Å²) in [5.41, 5.74) is 0.770. The third-order valence-electron chi connectivity index (χ3n) is 4.48. The molecular formula is C19H25N3O5. The van der Waals surface area contributed by atoms with E-state index in [0.717, 1.165) is 12.8 Å². The Morgan fingerprint density at radius 3 is 2.19 bits per heavy atom. The molecule has 1 aromatic rings. The molecule has 3 amide bonds. The number of anilines is 1. The number of hydrogen-bond donors (Lipinski definition) is 4. The van der Waals surface area contributed by atoms with Crippen LogP contribution < -0.4 is 16.0 Å². The predicted octanol–water partition coefficient (Wildman–Crippen LogP) is 1.53. The summed E-state index contributed by atoms with van der Waals surface area (Å²) in [4.78, 5) is 46.0. The Balaban J connectivity index is 1.72. The van der Waals surface area contributed by atoms with Crippen LogP contribution in [0, 0.1) is 5.92 Å². The molecule has 146 valence electrons. The number of carbonyl (C=O) groups excluding carboxylic acids is 3. The van der Waals surface area contributed by atoms with Crippen LogP contribution in [-0.4, -0.2) is 41.9 Å². The van der Waals surface area contributed by atoms with Gasteiger partial charge in [0.05, 0.1) is 6.54 Å². The molecule has 1 saturated carbocycles. The maximum Gasteiger partial charge on any atom is 0.322 e. The van der Waals surface area contributed by atoms with Crippen molar-refractivity contribution in [2.45, 2.75) is 38.5 Å². The first kappa shape index (κ1) is 20.4. The zero-order valence-electron chi connectivity index (χ0n) is 15.1. The molecule has 0 bridgehead atoms. The van der Waals surface area contributed by atoms with E-state index in [4.69, 9.17) is 5.11 Å². The fraction of sp³-hybridized carbons (Fsp3) is 0.474. The molecule has 27 heavy (non-hydrogen) atoms. The minimum absolute atomic E-state index is 0.105. The molecule has 1 aromatic carbocycles. The SMILES string of the molecule is O=C(O)CNC(=O)c1ccc(NC(=O)CNC(=O)CC2CCCCC2)cc1. The zero-order valence-corrected chi connectivity index (χ0v) is 15.1. The number of amides is 3. The molecule has 1 aliphatic rings. The lowest BCUT2D eigenvalue weighted by atomic mass is 9.87.